The van der Waals surface area contributed by atoms with Crippen molar-refractivity contribution in [2.45, 2.75) is 29.7 Å². The van der Waals surface area contributed by atoms with Crippen molar-refractivity contribution in [3.8, 4) is 5.75 Å². The monoisotopic (exact) mass is 659 g/mol. The molecule has 12 nitrogen and oxygen atoms in total. The molecule has 246 valence electrons. The molecule has 0 aliphatic carbocycles. The molecule has 15 heteroatoms. The molecule has 4 rings (SSSR count). The van der Waals surface area contributed by atoms with Crippen molar-refractivity contribution < 1.29 is 41.0 Å². The topological polar surface area (TPSA) is 141 Å². The van der Waals surface area contributed by atoms with E-state index in [4.69, 9.17) is 14.2 Å². The van der Waals surface area contributed by atoms with Crippen LogP contribution in [0.5, 0.6) is 5.75 Å². The van der Waals surface area contributed by atoms with Gasteiger partial charge in [-0.3, -0.25) is 4.79 Å². The molecule has 1 heterocycles. The number of anilines is 2. The Morgan fingerprint density at radius 1 is 1.02 bits per heavy atom. The van der Waals surface area contributed by atoms with Gasteiger partial charge in [-0.25, -0.2) is 22.0 Å². The second-order valence-corrected chi connectivity index (χ2v) is 12.5. The van der Waals surface area contributed by atoms with Gasteiger partial charge in [0.2, 0.25) is 9.84 Å². The number of rotatable bonds is 13. The number of hydrogen-bond acceptors (Lipinski definition) is 10. The molecule has 0 saturated carbocycles. The first kappa shape index (κ1) is 34.3. The first-order valence-corrected chi connectivity index (χ1v) is 15.7. The van der Waals surface area contributed by atoms with Crippen LogP contribution in [-0.2, 0) is 19.3 Å². The summed E-state index contributed by atoms with van der Waals surface area (Å²) in [6, 6.07) is 10.2. The summed E-state index contributed by atoms with van der Waals surface area (Å²) in [5.41, 5.74) is 0.741. The molecule has 0 aliphatic heterocycles. The van der Waals surface area contributed by atoms with Crippen LogP contribution in [0.25, 0.3) is 10.9 Å². The minimum Gasteiger partial charge on any atom is -0.492 e. The lowest BCUT2D eigenvalue weighted by atomic mass is 10.1. The average Bonchev–Trinajstić information content (AvgIpc) is 3.34. The van der Waals surface area contributed by atoms with E-state index in [9.17, 15) is 26.8 Å². The van der Waals surface area contributed by atoms with Crippen LogP contribution in [0.1, 0.15) is 24.2 Å². The number of methoxy groups -OCH3 is 1. The lowest BCUT2D eigenvalue weighted by Gasteiger charge is -2.19. The standard InChI is InChI=1S/C31H35F2N5O7S/c1-6-44-31(40)38-28-10-8-23(46(41,42)24-14-20(32)13-21(33)15-24)17-26(28)29(36-38)35-30(39)25-9-7-22(45-12-11-37(3)4)16-27(25)34-19(2)18-43-5/h7-10,13-17,19,34H,6,11-12,18H2,1-5H3,(H,35,36,39)/t19-/m1/s1. The Morgan fingerprint density at radius 2 is 1.74 bits per heavy atom. The van der Waals surface area contributed by atoms with E-state index in [0.29, 0.717) is 49.4 Å². The molecule has 0 aliphatic rings. The second-order valence-electron chi connectivity index (χ2n) is 10.6. The minimum absolute atomic E-state index is 0.0249. The highest BCUT2D eigenvalue weighted by Crippen LogP contribution is 2.31. The number of amides is 1. The van der Waals surface area contributed by atoms with Crippen LogP contribution in [0.15, 0.2) is 64.4 Å². The van der Waals surface area contributed by atoms with Gasteiger partial charge in [0.05, 0.1) is 39.8 Å². The molecule has 0 bridgehead atoms. The number of hydrogen-bond donors (Lipinski definition) is 2. The molecule has 0 unspecified atom stereocenters. The van der Waals surface area contributed by atoms with Gasteiger partial charge < -0.3 is 29.7 Å². The van der Waals surface area contributed by atoms with Gasteiger partial charge in [-0.1, -0.05) is 0 Å². The van der Waals surface area contributed by atoms with Gasteiger partial charge in [-0.2, -0.15) is 4.68 Å². The van der Waals surface area contributed by atoms with Crippen molar-refractivity contribution in [2.24, 2.45) is 0 Å². The van der Waals surface area contributed by atoms with Crippen LogP contribution in [0, 0.1) is 11.6 Å². The van der Waals surface area contributed by atoms with Crippen molar-refractivity contribution in [2.75, 3.05) is 58.2 Å². The van der Waals surface area contributed by atoms with E-state index in [0.717, 1.165) is 16.8 Å². The van der Waals surface area contributed by atoms with Crippen LogP contribution in [0.4, 0.5) is 25.1 Å². The summed E-state index contributed by atoms with van der Waals surface area (Å²) >= 11 is 0. The predicted molar refractivity (Wildman–Crippen MR) is 167 cm³/mol. The zero-order valence-corrected chi connectivity index (χ0v) is 26.8. The summed E-state index contributed by atoms with van der Waals surface area (Å²) in [4.78, 5) is 27.5. The molecule has 0 saturated heterocycles. The number of aromatic nitrogens is 2. The highest BCUT2D eigenvalue weighted by atomic mass is 32.2. The number of ether oxygens (including phenoxy) is 3. The van der Waals surface area contributed by atoms with Gasteiger partial charge in [-0.15, -0.1) is 5.10 Å². The van der Waals surface area contributed by atoms with E-state index < -0.39 is 38.4 Å². The van der Waals surface area contributed by atoms with Crippen LogP contribution in [0.2, 0.25) is 0 Å². The van der Waals surface area contributed by atoms with E-state index in [1.165, 1.54) is 6.07 Å². The van der Waals surface area contributed by atoms with Gasteiger partial charge >= 0.3 is 6.09 Å². The highest BCUT2D eigenvalue weighted by molar-refractivity contribution is 7.91. The summed E-state index contributed by atoms with van der Waals surface area (Å²) in [6.45, 7) is 4.92. The number of likely N-dealkylation sites (N-methyl/N-ethyl adjacent to an activating group) is 1. The number of fused-ring (bicyclic) bond motifs is 1. The molecule has 1 amide bonds. The molecule has 0 spiro atoms. The molecule has 46 heavy (non-hydrogen) atoms. The van der Waals surface area contributed by atoms with E-state index in [1.54, 1.807) is 32.2 Å². The molecule has 1 atom stereocenters. The fourth-order valence-electron chi connectivity index (χ4n) is 4.51. The number of nitrogens with one attached hydrogen (secondary N) is 2. The fourth-order valence-corrected chi connectivity index (χ4v) is 5.84. The first-order valence-electron chi connectivity index (χ1n) is 14.2. The number of sulfone groups is 1. The van der Waals surface area contributed by atoms with E-state index in [2.05, 4.69) is 15.7 Å². The molecule has 2 N–H and O–H groups in total. The predicted octanol–water partition coefficient (Wildman–Crippen LogP) is 4.79. The van der Waals surface area contributed by atoms with Gasteiger partial charge in [0, 0.05) is 37.2 Å². The second kappa shape index (κ2) is 14.7. The van der Waals surface area contributed by atoms with Crippen molar-refractivity contribution in [1.29, 1.82) is 0 Å². The third kappa shape index (κ3) is 7.97. The third-order valence-electron chi connectivity index (χ3n) is 6.64. The van der Waals surface area contributed by atoms with Crippen molar-refractivity contribution in [3.05, 3.63) is 71.8 Å². The first-order chi connectivity index (χ1) is 21.8. The summed E-state index contributed by atoms with van der Waals surface area (Å²) in [5.74, 6) is -2.41. The van der Waals surface area contributed by atoms with Crippen molar-refractivity contribution >= 4 is 44.2 Å². The van der Waals surface area contributed by atoms with Crippen molar-refractivity contribution in [3.63, 3.8) is 0 Å². The van der Waals surface area contributed by atoms with E-state index >= 15 is 0 Å². The number of halogens is 2. The number of carbonyl (C=O) groups is 2. The lowest BCUT2D eigenvalue weighted by Crippen LogP contribution is -2.24. The highest BCUT2D eigenvalue weighted by Gasteiger charge is 2.25. The Bertz CT molecular complexity index is 1830. The Balaban J connectivity index is 1.77. The molecule has 3 aromatic carbocycles. The molecule has 0 radical (unpaired) electrons. The summed E-state index contributed by atoms with van der Waals surface area (Å²) in [5, 5.41) is 10.2. The number of benzene rings is 3. The maximum Gasteiger partial charge on any atom is 0.435 e. The minimum atomic E-state index is -4.42. The van der Waals surface area contributed by atoms with Gasteiger partial charge in [0.25, 0.3) is 5.91 Å². The Hall–Kier alpha value is -4.60. The van der Waals surface area contributed by atoms with E-state index in [1.807, 2.05) is 25.9 Å². The lowest BCUT2D eigenvalue weighted by molar-refractivity contribution is 0.102. The molecule has 1 aromatic heterocycles. The zero-order valence-electron chi connectivity index (χ0n) is 26.0. The van der Waals surface area contributed by atoms with Crippen LogP contribution in [0.3, 0.4) is 0 Å². The molecule has 0 fully saturated rings. The third-order valence-corrected chi connectivity index (χ3v) is 8.37. The SMILES string of the molecule is CCOC(=O)n1nc(NC(=O)c2ccc(OCCN(C)C)cc2N[C@H](C)COC)c2cc(S(=O)(=O)c3cc(F)cc(F)c3)ccc21. The summed E-state index contributed by atoms with van der Waals surface area (Å²) in [7, 11) is 0.969. The number of nitrogens with zero attached hydrogens (tertiary/aromatic N) is 3. The fraction of sp³-hybridized carbons (Fsp3) is 0.323. The smallest absolute Gasteiger partial charge is 0.435 e. The van der Waals surface area contributed by atoms with E-state index in [-0.39, 0.29) is 39.8 Å². The average molecular weight is 660 g/mol. The Morgan fingerprint density at radius 3 is 2.39 bits per heavy atom. The summed E-state index contributed by atoms with van der Waals surface area (Å²) in [6.07, 6.45) is -0.870. The largest absolute Gasteiger partial charge is 0.492 e. The Kier molecular flexibility index (Phi) is 10.9. The van der Waals surface area contributed by atoms with Gasteiger partial charge in [0.1, 0.15) is 24.0 Å². The van der Waals surface area contributed by atoms with Crippen LogP contribution >= 0.6 is 0 Å². The quantitative estimate of drug-likeness (QED) is 0.206. The molecular weight excluding hydrogens is 624 g/mol. The maximum atomic E-state index is 13.9. The Labute approximate surface area is 265 Å². The van der Waals surface area contributed by atoms with Crippen LogP contribution in [-0.4, -0.2) is 88.7 Å². The molecular formula is C31H35F2N5O7S. The molecule has 4 aromatic rings. The normalized spacial score (nSPS) is 12.3. The maximum absolute atomic E-state index is 13.9. The number of carbonyl (C=O) groups excluding carboxylic acids is 2. The van der Waals surface area contributed by atoms with Crippen molar-refractivity contribution in [1.82, 2.24) is 14.7 Å². The van der Waals surface area contributed by atoms with Gasteiger partial charge in [0.15, 0.2) is 5.82 Å². The van der Waals surface area contributed by atoms with Gasteiger partial charge in [-0.05, 0) is 70.4 Å². The zero-order chi connectivity index (χ0) is 33.6. The van der Waals surface area contributed by atoms with Crippen LogP contribution < -0.4 is 15.4 Å². The summed E-state index contributed by atoms with van der Waals surface area (Å²) < 4.78 is 71.5.